The lowest BCUT2D eigenvalue weighted by atomic mass is 9.96. The third-order valence-corrected chi connectivity index (χ3v) is 3.62. The number of nitrogens with zero attached hydrogens (tertiary/aromatic N) is 1. The molecule has 102 valence electrons. The topological polar surface area (TPSA) is 95.1 Å². The Hall–Kier alpha value is -2.63. The van der Waals surface area contributed by atoms with Gasteiger partial charge in [0.05, 0.1) is 17.2 Å². The van der Waals surface area contributed by atoms with Crippen molar-refractivity contribution < 1.29 is 14.7 Å². The van der Waals surface area contributed by atoms with Gasteiger partial charge in [0.25, 0.3) is 5.91 Å². The number of H-pyrrole nitrogens is 1. The lowest BCUT2D eigenvalue weighted by molar-refractivity contribution is -0.140. The van der Waals surface area contributed by atoms with Crippen LogP contribution in [0.5, 0.6) is 0 Å². The normalized spacial score (nSPS) is 15.6. The Morgan fingerprint density at radius 1 is 1.25 bits per heavy atom. The van der Waals surface area contributed by atoms with Crippen LogP contribution in [-0.4, -0.2) is 27.2 Å². The van der Waals surface area contributed by atoms with E-state index in [9.17, 15) is 14.7 Å². The molecule has 6 heteroatoms. The van der Waals surface area contributed by atoms with E-state index < -0.39 is 11.4 Å². The van der Waals surface area contributed by atoms with Crippen molar-refractivity contribution in [3.8, 4) is 0 Å². The van der Waals surface area contributed by atoms with Crippen LogP contribution in [0.2, 0.25) is 0 Å². The highest BCUT2D eigenvalue weighted by Crippen LogP contribution is 2.48. The first-order chi connectivity index (χ1) is 9.62. The average molecular weight is 271 g/mol. The van der Waals surface area contributed by atoms with Gasteiger partial charge in [-0.3, -0.25) is 14.7 Å². The lowest BCUT2D eigenvalue weighted by Crippen LogP contribution is -2.19. The fourth-order valence-corrected chi connectivity index (χ4v) is 2.20. The molecule has 0 aliphatic heterocycles. The van der Waals surface area contributed by atoms with E-state index in [0.717, 1.165) is 5.56 Å². The molecule has 1 amide bonds. The van der Waals surface area contributed by atoms with Crippen LogP contribution in [0.4, 0.5) is 5.69 Å². The maximum absolute atomic E-state index is 11.8. The summed E-state index contributed by atoms with van der Waals surface area (Å²) in [6.45, 7) is 0. The highest BCUT2D eigenvalue weighted by molar-refractivity contribution is 6.03. The lowest BCUT2D eigenvalue weighted by Gasteiger charge is -2.11. The third-order valence-electron chi connectivity index (χ3n) is 3.62. The minimum Gasteiger partial charge on any atom is -0.481 e. The van der Waals surface area contributed by atoms with Gasteiger partial charge in [-0.1, -0.05) is 12.1 Å². The fraction of sp³-hybridized carbons (Fsp3) is 0.214. The number of hydrogen-bond acceptors (Lipinski definition) is 3. The Balaban J connectivity index is 1.74. The molecule has 0 saturated heterocycles. The number of aromatic nitrogens is 2. The van der Waals surface area contributed by atoms with E-state index in [2.05, 4.69) is 15.5 Å². The van der Waals surface area contributed by atoms with Gasteiger partial charge in [0, 0.05) is 11.9 Å². The number of hydrogen-bond donors (Lipinski definition) is 3. The molecule has 0 unspecified atom stereocenters. The van der Waals surface area contributed by atoms with Crippen LogP contribution in [0.15, 0.2) is 36.7 Å². The predicted octanol–water partition coefficient (Wildman–Crippen LogP) is 1.78. The number of anilines is 1. The molecular formula is C14H13N3O3. The number of aliphatic carboxylic acids is 1. The van der Waals surface area contributed by atoms with Gasteiger partial charge in [-0.15, -0.1) is 0 Å². The first-order valence-electron chi connectivity index (χ1n) is 6.26. The van der Waals surface area contributed by atoms with Crippen LogP contribution < -0.4 is 5.32 Å². The molecule has 1 saturated carbocycles. The number of nitrogens with one attached hydrogen (secondary N) is 2. The average Bonchev–Trinajstić information content (AvgIpc) is 3.07. The molecule has 0 atom stereocenters. The van der Waals surface area contributed by atoms with Gasteiger partial charge in [0.15, 0.2) is 0 Å². The second-order valence-corrected chi connectivity index (χ2v) is 4.91. The van der Waals surface area contributed by atoms with E-state index in [4.69, 9.17) is 0 Å². The Bertz CT molecular complexity index is 643. The molecule has 0 bridgehead atoms. The van der Waals surface area contributed by atoms with Crippen molar-refractivity contribution in [1.82, 2.24) is 10.2 Å². The molecule has 3 rings (SSSR count). The van der Waals surface area contributed by atoms with Crippen LogP contribution in [0, 0.1) is 0 Å². The van der Waals surface area contributed by atoms with E-state index in [1.54, 1.807) is 24.3 Å². The van der Waals surface area contributed by atoms with E-state index in [-0.39, 0.29) is 5.91 Å². The summed E-state index contributed by atoms with van der Waals surface area (Å²) < 4.78 is 0. The monoisotopic (exact) mass is 271 g/mol. The minimum absolute atomic E-state index is 0.258. The van der Waals surface area contributed by atoms with Gasteiger partial charge in [0.1, 0.15) is 0 Å². The maximum Gasteiger partial charge on any atom is 0.314 e. The second-order valence-electron chi connectivity index (χ2n) is 4.91. The highest BCUT2D eigenvalue weighted by atomic mass is 16.4. The van der Waals surface area contributed by atoms with Crippen LogP contribution >= 0.6 is 0 Å². The number of carboxylic acids is 1. The Morgan fingerprint density at radius 3 is 2.45 bits per heavy atom. The number of carbonyl (C=O) groups excluding carboxylic acids is 1. The van der Waals surface area contributed by atoms with E-state index in [1.807, 2.05) is 0 Å². The van der Waals surface area contributed by atoms with Gasteiger partial charge < -0.3 is 10.4 Å². The highest BCUT2D eigenvalue weighted by Gasteiger charge is 2.51. The summed E-state index contributed by atoms with van der Waals surface area (Å²) in [6.07, 6.45) is 4.28. The summed E-state index contributed by atoms with van der Waals surface area (Å²) in [5.41, 5.74) is 1.14. The third kappa shape index (κ3) is 2.05. The van der Waals surface area contributed by atoms with Crippen molar-refractivity contribution in [3.63, 3.8) is 0 Å². The molecule has 1 aromatic carbocycles. The summed E-state index contributed by atoms with van der Waals surface area (Å²) in [5.74, 6) is -1.04. The summed E-state index contributed by atoms with van der Waals surface area (Å²) in [5, 5.41) is 18.2. The van der Waals surface area contributed by atoms with Gasteiger partial charge in [-0.2, -0.15) is 5.10 Å². The van der Waals surface area contributed by atoms with E-state index in [0.29, 0.717) is 24.1 Å². The molecule has 1 aromatic heterocycles. The molecule has 1 aliphatic carbocycles. The molecule has 2 aromatic rings. The first-order valence-corrected chi connectivity index (χ1v) is 6.26. The standard InChI is InChI=1S/C14H13N3O3/c18-12(9-7-15-16-8-9)17-11-3-1-10(2-4-11)14(5-6-14)13(19)20/h1-4,7-8H,5-6H2,(H,15,16)(H,17,18)(H,19,20). The maximum atomic E-state index is 11.8. The predicted molar refractivity (Wildman–Crippen MR) is 71.5 cm³/mol. The second kappa shape index (κ2) is 4.48. The van der Waals surface area contributed by atoms with Crippen LogP contribution in [0.1, 0.15) is 28.8 Å². The van der Waals surface area contributed by atoms with Crippen LogP contribution in [-0.2, 0) is 10.2 Å². The molecule has 1 aliphatic rings. The van der Waals surface area contributed by atoms with Gasteiger partial charge in [-0.25, -0.2) is 0 Å². The zero-order valence-corrected chi connectivity index (χ0v) is 10.6. The zero-order valence-electron chi connectivity index (χ0n) is 10.6. The van der Waals surface area contributed by atoms with Crippen molar-refractivity contribution in [1.29, 1.82) is 0 Å². The number of carbonyl (C=O) groups is 2. The smallest absolute Gasteiger partial charge is 0.314 e. The van der Waals surface area contributed by atoms with Crippen LogP contribution in [0.25, 0.3) is 0 Å². The number of carboxylic acid groups (broad SMARTS) is 1. The summed E-state index contributed by atoms with van der Waals surface area (Å²) >= 11 is 0. The van der Waals surface area contributed by atoms with Gasteiger partial charge >= 0.3 is 5.97 Å². The largest absolute Gasteiger partial charge is 0.481 e. The van der Waals surface area contributed by atoms with Crippen molar-refractivity contribution >= 4 is 17.6 Å². The van der Waals surface area contributed by atoms with E-state index >= 15 is 0 Å². The first kappa shape index (κ1) is 12.4. The summed E-state index contributed by atoms with van der Waals surface area (Å²) in [7, 11) is 0. The van der Waals surface area contributed by atoms with Crippen molar-refractivity contribution in [2.75, 3.05) is 5.32 Å². The molecule has 0 radical (unpaired) electrons. The number of amides is 1. The van der Waals surface area contributed by atoms with Crippen molar-refractivity contribution in [2.24, 2.45) is 0 Å². The molecule has 0 spiro atoms. The number of rotatable bonds is 4. The number of benzene rings is 1. The van der Waals surface area contributed by atoms with Crippen molar-refractivity contribution in [3.05, 3.63) is 47.8 Å². The van der Waals surface area contributed by atoms with Gasteiger partial charge in [0.2, 0.25) is 0 Å². The fourth-order valence-electron chi connectivity index (χ4n) is 2.20. The summed E-state index contributed by atoms with van der Waals surface area (Å²) in [6, 6.07) is 6.95. The quantitative estimate of drug-likeness (QED) is 0.789. The molecule has 1 fully saturated rings. The Labute approximate surface area is 114 Å². The van der Waals surface area contributed by atoms with E-state index in [1.165, 1.54) is 12.4 Å². The van der Waals surface area contributed by atoms with Crippen molar-refractivity contribution in [2.45, 2.75) is 18.3 Å². The molecule has 20 heavy (non-hydrogen) atoms. The molecular weight excluding hydrogens is 258 g/mol. The van der Waals surface area contributed by atoms with Gasteiger partial charge in [-0.05, 0) is 30.5 Å². The SMILES string of the molecule is O=C(Nc1ccc(C2(C(=O)O)CC2)cc1)c1cn[nH]c1. The van der Waals surface area contributed by atoms with Crippen LogP contribution in [0.3, 0.4) is 0 Å². The molecule has 1 heterocycles. The summed E-state index contributed by atoms with van der Waals surface area (Å²) in [4.78, 5) is 23.0. The number of aromatic amines is 1. The molecule has 3 N–H and O–H groups in total. The zero-order chi connectivity index (χ0) is 14.2. The Morgan fingerprint density at radius 2 is 1.95 bits per heavy atom. The molecule has 6 nitrogen and oxygen atoms in total. The minimum atomic E-state index is -0.785. The Kier molecular flexibility index (Phi) is 2.78.